The van der Waals surface area contributed by atoms with Crippen LogP contribution in [-0.2, 0) is 36.1 Å². The highest BCUT2D eigenvalue weighted by Crippen LogP contribution is 2.34. The number of aliphatic carboxylic acids is 1. The van der Waals surface area contributed by atoms with Crippen molar-refractivity contribution in [1.82, 2.24) is 24.2 Å². The standard InChI is InChI=1S/C25H31N9O9S2/c1-25(2)19(21(36)34(25)45(39,40)41)31-20(35)18(16-12-44-24(28)30-16)32-43-17(22(37)38)11-42-14-6-4-13(5-7-14)15-10-33(9-3-8-26)23(27)29-15/h4-7,10,12,17,19H,3,8-9,11,26H2,1-2H3,(H2,27,29)(H2,28,30)(H,31,35)(H,37,38)(H,39,40,41)/b32-18-/t17-,19+/m0/s1. The summed E-state index contributed by atoms with van der Waals surface area (Å²) in [6, 6.07) is 5.22. The first-order chi connectivity index (χ1) is 21.1. The minimum absolute atomic E-state index is 0.0506. The van der Waals surface area contributed by atoms with Gasteiger partial charge in [0.25, 0.3) is 17.9 Å². The Bertz CT molecular complexity index is 1720. The van der Waals surface area contributed by atoms with Crippen LogP contribution in [-0.4, -0.2) is 91.2 Å². The maximum Gasteiger partial charge on any atom is 0.362 e. The van der Waals surface area contributed by atoms with Crippen LogP contribution in [0.15, 0.2) is 41.0 Å². The third kappa shape index (κ3) is 7.30. The van der Waals surface area contributed by atoms with Gasteiger partial charge in [0.2, 0.25) is 5.95 Å². The number of nitrogens with two attached hydrogens (primary N) is 3. The first-order valence-corrected chi connectivity index (χ1v) is 15.5. The van der Waals surface area contributed by atoms with Gasteiger partial charge in [0.15, 0.2) is 10.8 Å². The zero-order valence-electron chi connectivity index (χ0n) is 24.0. The van der Waals surface area contributed by atoms with E-state index in [1.807, 2.05) is 0 Å². The topological polar surface area (TPSA) is 281 Å². The highest BCUT2D eigenvalue weighted by atomic mass is 32.2. The Morgan fingerprint density at radius 3 is 2.47 bits per heavy atom. The van der Waals surface area contributed by atoms with Gasteiger partial charge in [0.05, 0.1) is 11.2 Å². The Hall–Kier alpha value is -4.79. The number of nitrogens with one attached hydrogen (secondary N) is 1. The summed E-state index contributed by atoms with van der Waals surface area (Å²) < 4.78 is 40.0. The lowest BCUT2D eigenvalue weighted by Gasteiger charge is -2.50. The number of carbonyl (C=O) groups is 3. The molecule has 1 fully saturated rings. The molecule has 1 saturated heterocycles. The number of thiazole rings is 1. The van der Waals surface area contributed by atoms with Crippen LogP contribution < -0.4 is 27.3 Å². The van der Waals surface area contributed by atoms with E-state index in [0.717, 1.165) is 23.3 Å². The van der Waals surface area contributed by atoms with Gasteiger partial charge < -0.3 is 41.8 Å². The van der Waals surface area contributed by atoms with Crippen LogP contribution >= 0.6 is 11.3 Å². The largest absolute Gasteiger partial charge is 0.489 e. The van der Waals surface area contributed by atoms with Gasteiger partial charge in [0.1, 0.15) is 24.1 Å². The van der Waals surface area contributed by atoms with Crippen LogP contribution in [0.25, 0.3) is 11.3 Å². The molecule has 3 aromatic rings. The van der Waals surface area contributed by atoms with Crippen LogP contribution in [0.1, 0.15) is 26.0 Å². The lowest BCUT2D eigenvalue weighted by Crippen LogP contribution is -2.77. The second-order valence-corrected chi connectivity index (χ2v) is 12.4. The van der Waals surface area contributed by atoms with Crippen molar-refractivity contribution in [3.05, 3.63) is 41.5 Å². The molecule has 20 heteroatoms. The fraction of sp³-hybridized carbons (Fsp3) is 0.360. The van der Waals surface area contributed by atoms with Gasteiger partial charge in [-0.3, -0.25) is 14.1 Å². The summed E-state index contributed by atoms with van der Waals surface area (Å²) in [6.07, 6.45) is 0.837. The molecule has 3 heterocycles. The number of rotatable bonds is 14. The molecule has 9 N–H and O–H groups in total. The Morgan fingerprint density at radius 1 is 1.22 bits per heavy atom. The summed E-state index contributed by atoms with van der Waals surface area (Å²) in [4.78, 5) is 50.9. The van der Waals surface area contributed by atoms with E-state index in [0.29, 0.717) is 30.5 Å². The van der Waals surface area contributed by atoms with Gasteiger partial charge in [-0.05, 0) is 51.1 Å². The third-order valence-electron chi connectivity index (χ3n) is 6.67. The number of ether oxygens (including phenoxy) is 1. The number of nitrogens with zero attached hydrogens (tertiary/aromatic N) is 5. The van der Waals surface area contributed by atoms with E-state index in [2.05, 4.69) is 20.4 Å². The second kappa shape index (κ2) is 13.1. The van der Waals surface area contributed by atoms with E-state index in [9.17, 15) is 32.5 Å². The quantitative estimate of drug-likeness (QED) is 0.0557. The number of hydrogen-bond acceptors (Lipinski definition) is 14. The average Bonchev–Trinajstić information content (AvgIpc) is 3.56. The molecule has 242 valence electrons. The molecule has 0 spiro atoms. The van der Waals surface area contributed by atoms with Gasteiger partial charge in [0, 0.05) is 23.7 Å². The van der Waals surface area contributed by atoms with Crippen molar-refractivity contribution < 1.29 is 42.0 Å². The lowest BCUT2D eigenvalue weighted by atomic mass is 9.85. The first-order valence-electron chi connectivity index (χ1n) is 13.2. The van der Waals surface area contributed by atoms with Gasteiger partial charge >= 0.3 is 16.3 Å². The number of hydrogen-bond donors (Lipinski definition) is 6. The molecule has 0 aliphatic carbocycles. The summed E-state index contributed by atoms with van der Waals surface area (Å²) in [5.41, 5.74) is 16.4. The Labute approximate surface area is 260 Å². The Balaban J connectivity index is 1.45. The van der Waals surface area contributed by atoms with Crippen LogP contribution in [0.5, 0.6) is 5.75 Å². The third-order valence-corrected chi connectivity index (χ3v) is 8.46. The molecule has 18 nitrogen and oxygen atoms in total. The Morgan fingerprint density at radius 2 is 1.91 bits per heavy atom. The Kier molecular flexibility index (Phi) is 9.61. The molecule has 0 bridgehead atoms. The van der Waals surface area contributed by atoms with E-state index < -0.39 is 58.1 Å². The number of aromatic nitrogens is 3. The van der Waals surface area contributed by atoms with Crippen molar-refractivity contribution in [2.75, 3.05) is 24.6 Å². The number of amides is 2. The molecule has 0 saturated carbocycles. The molecule has 2 atom stereocenters. The van der Waals surface area contributed by atoms with Crippen molar-refractivity contribution in [1.29, 1.82) is 0 Å². The number of imidazole rings is 1. The molecule has 1 aliphatic heterocycles. The molecule has 4 rings (SSSR count). The van der Waals surface area contributed by atoms with Crippen molar-refractivity contribution in [2.45, 2.75) is 44.5 Å². The minimum atomic E-state index is -4.88. The van der Waals surface area contributed by atoms with Gasteiger partial charge in [-0.1, -0.05) is 5.16 Å². The van der Waals surface area contributed by atoms with Gasteiger partial charge in [-0.2, -0.15) is 8.42 Å². The maximum atomic E-state index is 13.2. The van der Waals surface area contributed by atoms with Crippen molar-refractivity contribution in [2.24, 2.45) is 10.9 Å². The smallest absolute Gasteiger partial charge is 0.362 e. The predicted molar refractivity (Wildman–Crippen MR) is 161 cm³/mol. The van der Waals surface area contributed by atoms with E-state index in [1.54, 1.807) is 35.0 Å². The van der Waals surface area contributed by atoms with Crippen molar-refractivity contribution in [3.63, 3.8) is 0 Å². The molecule has 0 radical (unpaired) electrons. The number of carbonyl (C=O) groups excluding carboxylic acids is 2. The van der Waals surface area contributed by atoms with Gasteiger partial charge in [-0.15, -0.1) is 11.3 Å². The van der Waals surface area contributed by atoms with Crippen LogP contribution in [0.3, 0.4) is 0 Å². The second-order valence-electron chi connectivity index (χ2n) is 10.2. The molecule has 45 heavy (non-hydrogen) atoms. The van der Waals surface area contributed by atoms with Crippen molar-refractivity contribution in [3.8, 4) is 17.0 Å². The summed E-state index contributed by atoms with van der Waals surface area (Å²) >= 11 is 0.950. The number of β-lactam (4-membered cyclic amide) rings is 1. The minimum Gasteiger partial charge on any atom is -0.489 e. The highest BCUT2D eigenvalue weighted by Gasteiger charge is 2.60. The number of nitrogen functional groups attached to an aromatic ring is 2. The summed E-state index contributed by atoms with van der Waals surface area (Å²) in [5, 5.41) is 17.1. The number of anilines is 2. The zero-order chi connectivity index (χ0) is 33.1. The van der Waals surface area contributed by atoms with Crippen molar-refractivity contribution >= 4 is 56.2 Å². The van der Waals surface area contributed by atoms with E-state index in [-0.39, 0.29) is 15.1 Å². The predicted octanol–water partition coefficient (Wildman–Crippen LogP) is -0.319. The maximum absolute atomic E-state index is 13.2. The molecule has 1 aromatic carbocycles. The molecule has 2 aromatic heterocycles. The summed E-state index contributed by atoms with van der Waals surface area (Å²) in [6.45, 7) is 3.22. The lowest BCUT2D eigenvalue weighted by molar-refractivity contribution is -0.152. The summed E-state index contributed by atoms with van der Waals surface area (Å²) in [5.74, 6) is -2.97. The fourth-order valence-corrected chi connectivity index (χ4v) is 5.95. The average molecular weight is 666 g/mol. The molecule has 0 unspecified atom stereocenters. The van der Waals surface area contributed by atoms with Gasteiger partial charge in [-0.25, -0.2) is 19.1 Å². The van der Waals surface area contributed by atoms with Crippen LogP contribution in [0, 0.1) is 0 Å². The zero-order valence-corrected chi connectivity index (χ0v) is 25.6. The molecule has 2 amide bonds. The van der Waals surface area contributed by atoms with E-state index >= 15 is 0 Å². The number of carboxylic acids is 1. The number of aryl methyl sites for hydroxylation is 1. The SMILES string of the molecule is CC1(C)[C@H](NC(=O)/C(=N\O[C@@H](COc2ccc(-c3cn(CCCN)c(N)n3)cc2)C(=O)O)c2csc(N)n2)C(=O)N1S(=O)(=O)O. The van der Waals surface area contributed by atoms with Crippen LogP contribution in [0.4, 0.5) is 11.1 Å². The van der Waals surface area contributed by atoms with E-state index in [4.69, 9.17) is 26.8 Å². The molecule has 1 aliphatic rings. The number of oxime groups is 1. The molecular weight excluding hydrogens is 634 g/mol. The normalized spacial score (nSPS) is 17.0. The highest BCUT2D eigenvalue weighted by molar-refractivity contribution is 7.84. The fourth-order valence-electron chi connectivity index (χ4n) is 4.37. The van der Waals surface area contributed by atoms with E-state index in [1.165, 1.54) is 19.2 Å². The molecular formula is C25H31N9O9S2. The monoisotopic (exact) mass is 665 g/mol. The number of benzene rings is 1. The number of carboxylic acid groups (broad SMARTS) is 1. The summed E-state index contributed by atoms with van der Waals surface area (Å²) in [7, 11) is -4.88. The first kappa shape index (κ1) is 33.1. The van der Waals surface area contributed by atoms with Crippen LogP contribution in [0.2, 0.25) is 0 Å².